The van der Waals surface area contributed by atoms with Crippen molar-refractivity contribution in [1.82, 2.24) is 4.98 Å². The molecule has 0 amide bonds. The summed E-state index contributed by atoms with van der Waals surface area (Å²) in [6, 6.07) is 7.32. The number of fused-ring (bicyclic) bond motifs is 1. The van der Waals surface area contributed by atoms with Gasteiger partial charge < -0.3 is 10.0 Å². The summed E-state index contributed by atoms with van der Waals surface area (Å²) in [6.07, 6.45) is 12.1. The Morgan fingerprint density at radius 1 is 0.970 bits per heavy atom. The fourth-order valence-electron chi connectivity index (χ4n) is 6.66. The van der Waals surface area contributed by atoms with Gasteiger partial charge in [-0.2, -0.15) is 0 Å². The molecule has 2 heterocycles. The molecular weight excluding hydrogens is 424 g/mol. The standard InChI is InChI=1S/C29H44N2OS/c1-5-28(6-2)15-16-29(7-3,8-4)25-20-23(11-12-24(25)28)26-21-33-27(30-26)31-17-13-22(14-18-31)10-9-19-32/h11-12,20-22,32H,5-10,13-19H2,1-4H3. The molecule has 1 aliphatic heterocycles. The minimum Gasteiger partial charge on any atom is -0.396 e. The molecule has 0 saturated carbocycles. The zero-order chi connectivity index (χ0) is 23.5. The third kappa shape index (κ3) is 4.62. The number of piperidine rings is 1. The van der Waals surface area contributed by atoms with E-state index < -0.39 is 0 Å². The molecule has 1 saturated heterocycles. The summed E-state index contributed by atoms with van der Waals surface area (Å²) in [6.45, 7) is 12.0. The topological polar surface area (TPSA) is 36.4 Å². The van der Waals surface area contributed by atoms with Gasteiger partial charge in [0.25, 0.3) is 0 Å². The normalized spacial score (nSPS) is 20.1. The first kappa shape index (κ1) is 24.7. The SMILES string of the molecule is CCC1(CC)CCC(CC)(CC)c2cc(-c3csc(N4CCC(CCCO)CC4)n3)ccc21. The summed E-state index contributed by atoms with van der Waals surface area (Å²) in [5.74, 6) is 0.766. The lowest BCUT2D eigenvalue weighted by Gasteiger charge is -2.48. The molecular formula is C29H44N2OS. The zero-order valence-electron chi connectivity index (χ0n) is 21.3. The van der Waals surface area contributed by atoms with Gasteiger partial charge in [0.15, 0.2) is 5.13 Å². The van der Waals surface area contributed by atoms with E-state index >= 15 is 0 Å². The largest absolute Gasteiger partial charge is 0.396 e. The molecule has 4 heteroatoms. The molecule has 1 N–H and O–H groups in total. The Bertz CT molecular complexity index is 904. The summed E-state index contributed by atoms with van der Waals surface area (Å²) in [4.78, 5) is 7.60. The van der Waals surface area contributed by atoms with E-state index in [9.17, 15) is 0 Å². The first-order valence-corrected chi connectivity index (χ1v) is 14.4. The number of aliphatic hydroxyl groups is 1. The Morgan fingerprint density at radius 3 is 2.21 bits per heavy atom. The maximum Gasteiger partial charge on any atom is 0.185 e. The Balaban J connectivity index is 1.60. The number of hydrogen-bond donors (Lipinski definition) is 1. The van der Waals surface area contributed by atoms with Crippen molar-refractivity contribution in [3.63, 3.8) is 0 Å². The van der Waals surface area contributed by atoms with E-state index in [4.69, 9.17) is 10.1 Å². The summed E-state index contributed by atoms with van der Waals surface area (Å²) < 4.78 is 0. The highest BCUT2D eigenvalue weighted by molar-refractivity contribution is 7.14. The molecule has 0 radical (unpaired) electrons. The second-order valence-electron chi connectivity index (χ2n) is 10.5. The minimum atomic E-state index is 0.314. The molecule has 2 aromatic rings. The molecule has 4 rings (SSSR count). The molecule has 0 unspecified atom stereocenters. The van der Waals surface area contributed by atoms with Gasteiger partial charge in [-0.3, -0.25) is 0 Å². The molecule has 1 fully saturated rings. The summed E-state index contributed by atoms with van der Waals surface area (Å²) >= 11 is 1.80. The number of thiazole rings is 1. The molecule has 1 aromatic heterocycles. The van der Waals surface area contributed by atoms with Crippen LogP contribution in [0.2, 0.25) is 0 Å². The number of rotatable bonds is 9. The second kappa shape index (κ2) is 10.5. The molecule has 3 nitrogen and oxygen atoms in total. The van der Waals surface area contributed by atoms with E-state index in [1.165, 1.54) is 62.1 Å². The Hall–Kier alpha value is -1.39. The van der Waals surface area contributed by atoms with Gasteiger partial charge in [0.2, 0.25) is 0 Å². The molecule has 2 aliphatic rings. The van der Waals surface area contributed by atoms with Crippen LogP contribution in [0.15, 0.2) is 23.6 Å². The van der Waals surface area contributed by atoms with Crippen molar-refractivity contribution < 1.29 is 5.11 Å². The molecule has 33 heavy (non-hydrogen) atoms. The van der Waals surface area contributed by atoms with E-state index in [0.717, 1.165) is 37.5 Å². The third-order valence-corrected chi connectivity index (χ3v) is 10.3. The smallest absolute Gasteiger partial charge is 0.185 e. The van der Waals surface area contributed by atoms with Crippen LogP contribution in [0.3, 0.4) is 0 Å². The first-order chi connectivity index (χ1) is 16.0. The van der Waals surface area contributed by atoms with Crippen LogP contribution in [0.25, 0.3) is 11.3 Å². The predicted octanol–water partition coefficient (Wildman–Crippen LogP) is 7.71. The fourth-order valence-corrected chi connectivity index (χ4v) is 7.55. The van der Waals surface area contributed by atoms with Crippen molar-refractivity contribution in [2.45, 2.75) is 103 Å². The highest BCUT2D eigenvalue weighted by Gasteiger charge is 2.43. The average molecular weight is 469 g/mol. The number of hydrogen-bond acceptors (Lipinski definition) is 4. The van der Waals surface area contributed by atoms with Crippen LogP contribution in [-0.2, 0) is 10.8 Å². The van der Waals surface area contributed by atoms with Crippen molar-refractivity contribution in [2.24, 2.45) is 5.92 Å². The lowest BCUT2D eigenvalue weighted by atomic mass is 9.57. The van der Waals surface area contributed by atoms with Crippen LogP contribution in [0.1, 0.15) is 103 Å². The van der Waals surface area contributed by atoms with Gasteiger partial charge in [-0.15, -0.1) is 11.3 Å². The van der Waals surface area contributed by atoms with Crippen molar-refractivity contribution in [3.8, 4) is 11.3 Å². The van der Waals surface area contributed by atoms with Crippen LogP contribution in [0.5, 0.6) is 0 Å². The third-order valence-electron chi connectivity index (χ3n) is 9.39. The van der Waals surface area contributed by atoms with E-state index in [1.54, 1.807) is 22.5 Å². The predicted molar refractivity (Wildman–Crippen MR) is 143 cm³/mol. The van der Waals surface area contributed by atoms with Crippen molar-refractivity contribution in [3.05, 3.63) is 34.7 Å². The van der Waals surface area contributed by atoms with Gasteiger partial charge in [0, 0.05) is 30.6 Å². The highest BCUT2D eigenvalue weighted by atomic mass is 32.1. The zero-order valence-corrected chi connectivity index (χ0v) is 22.1. The summed E-state index contributed by atoms with van der Waals surface area (Å²) in [5, 5.41) is 12.6. The number of anilines is 1. The maximum absolute atomic E-state index is 9.11. The number of aliphatic hydroxyl groups excluding tert-OH is 1. The highest BCUT2D eigenvalue weighted by Crippen LogP contribution is 2.53. The quantitative estimate of drug-likeness (QED) is 0.409. The molecule has 1 aromatic carbocycles. The second-order valence-corrected chi connectivity index (χ2v) is 11.4. The average Bonchev–Trinajstić information content (AvgIpc) is 3.37. The van der Waals surface area contributed by atoms with E-state index in [2.05, 4.69) is 56.2 Å². The molecule has 0 atom stereocenters. The van der Waals surface area contributed by atoms with Gasteiger partial charge in [-0.1, -0.05) is 39.8 Å². The number of nitrogens with zero attached hydrogens (tertiary/aromatic N) is 2. The monoisotopic (exact) mass is 468 g/mol. The minimum absolute atomic E-state index is 0.314. The molecule has 0 spiro atoms. The first-order valence-electron chi connectivity index (χ1n) is 13.5. The van der Waals surface area contributed by atoms with E-state index in [0.29, 0.717) is 17.4 Å². The molecule has 182 valence electrons. The Kier molecular flexibility index (Phi) is 7.85. The van der Waals surface area contributed by atoms with Crippen LogP contribution in [-0.4, -0.2) is 29.8 Å². The lowest BCUT2D eigenvalue weighted by molar-refractivity contribution is 0.239. The van der Waals surface area contributed by atoms with E-state index in [1.807, 2.05) is 0 Å². The summed E-state index contributed by atoms with van der Waals surface area (Å²) in [5.41, 5.74) is 6.32. The summed E-state index contributed by atoms with van der Waals surface area (Å²) in [7, 11) is 0. The fraction of sp³-hybridized carbons (Fsp3) is 0.690. The number of aromatic nitrogens is 1. The van der Waals surface area contributed by atoms with Crippen molar-refractivity contribution >= 4 is 16.5 Å². The van der Waals surface area contributed by atoms with Crippen molar-refractivity contribution in [1.29, 1.82) is 0 Å². The molecule has 0 bridgehead atoms. The van der Waals surface area contributed by atoms with Crippen LogP contribution < -0.4 is 4.90 Å². The van der Waals surface area contributed by atoms with Gasteiger partial charge in [0.05, 0.1) is 5.69 Å². The van der Waals surface area contributed by atoms with Crippen molar-refractivity contribution in [2.75, 3.05) is 24.6 Å². The number of benzene rings is 1. The van der Waals surface area contributed by atoms with Gasteiger partial charge in [0.1, 0.15) is 0 Å². The Morgan fingerprint density at radius 2 is 1.61 bits per heavy atom. The lowest BCUT2D eigenvalue weighted by Crippen LogP contribution is -2.39. The van der Waals surface area contributed by atoms with Crippen LogP contribution >= 0.6 is 11.3 Å². The van der Waals surface area contributed by atoms with Crippen LogP contribution in [0, 0.1) is 5.92 Å². The van der Waals surface area contributed by atoms with Gasteiger partial charge >= 0.3 is 0 Å². The Labute approximate surface area is 205 Å². The molecule has 1 aliphatic carbocycles. The van der Waals surface area contributed by atoms with Crippen LogP contribution in [0.4, 0.5) is 5.13 Å². The van der Waals surface area contributed by atoms with Gasteiger partial charge in [-0.25, -0.2) is 4.98 Å². The van der Waals surface area contributed by atoms with E-state index in [-0.39, 0.29) is 0 Å². The maximum atomic E-state index is 9.11. The van der Waals surface area contributed by atoms with Gasteiger partial charge in [-0.05, 0) is 98.1 Å².